The Morgan fingerprint density at radius 3 is 2.29 bits per heavy atom. The SMILES string of the molecule is CCOC(=O)C(Cc1c[nH]c2ccccc12)NC(=O)CC1CCN(c2ccc(NC(=O)c3ccccc3-c3ccc(C(F)(F)F)cc3)cc2)CC1. The number of esters is 1. The molecule has 4 aromatic carbocycles. The summed E-state index contributed by atoms with van der Waals surface area (Å²) in [6.45, 7) is 3.47. The third-order valence-corrected chi connectivity index (χ3v) is 9.28. The average molecular weight is 697 g/mol. The first-order valence-corrected chi connectivity index (χ1v) is 17.0. The maximum Gasteiger partial charge on any atom is 0.416 e. The van der Waals surface area contributed by atoms with Crippen molar-refractivity contribution in [2.75, 3.05) is 29.9 Å². The maximum atomic E-state index is 13.3. The van der Waals surface area contributed by atoms with Gasteiger partial charge in [0.05, 0.1) is 12.2 Å². The van der Waals surface area contributed by atoms with Crippen molar-refractivity contribution < 1.29 is 32.3 Å². The summed E-state index contributed by atoms with van der Waals surface area (Å²) in [5.41, 5.74) is 4.11. The normalized spacial score (nSPS) is 14.2. The number of hydrogen-bond donors (Lipinski definition) is 3. The molecule has 11 heteroatoms. The molecule has 3 N–H and O–H groups in total. The van der Waals surface area contributed by atoms with Crippen LogP contribution in [0.4, 0.5) is 24.5 Å². The Labute approximate surface area is 294 Å². The van der Waals surface area contributed by atoms with Gasteiger partial charge in [0, 0.05) is 60.0 Å². The summed E-state index contributed by atoms with van der Waals surface area (Å²) >= 11 is 0. The van der Waals surface area contributed by atoms with E-state index >= 15 is 0 Å². The number of para-hydroxylation sites is 1. The molecule has 1 fully saturated rings. The van der Waals surface area contributed by atoms with Crippen LogP contribution in [0.15, 0.2) is 103 Å². The van der Waals surface area contributed by atoms with Crippen LogP contribution < -0.4 is 15.5 Å². The van der Waals surface area contributed by atoms with Crippen molar-refractivity contribution in [2.45, 2.75) is 44.8 Å². The lowest BCUT2D eigenvalue weighted by atomic mass is 9.92. The minimum Gasteiger partial charge on any atom is -0.464 e. The van der Waals surface area contributed by atoms with Crippen LogP contribution in [0, 0.1) is 5.92 Å². The molecule has 1 saturated heterocycles. The highest BCUT2D eigenvalue weighted by Gasteiger charge is 2.30. The first-order chi connectivity index (χ1) is 24.6. The Morgan fingerprint density at radius 1 is 0.902 bits per heavy atom. The predicted octanol–water partition coefficient (Wildman–Crippen LogP) is 8.00. The fraction of sp³-hybridized carbons (Fsp3) is 0.275. The van der Waals surface area contributed by atoms with Crippen molar-refractivity contribution in [3.63, 3.8) is 0 Å². The van der Waals surface area contributed by atoms with Crippen LogP contribution in [0.25, 0.3) is 22.0 Å². The van der Waals surface area contributed by atoms with Crippen molar-refractivity contribution in [2.24, 2.45) is 5.92 Å². The molecule has 0 spiro atoms. The monoisotopic (exact) mass is 696 g/mol. The van der Waals surface area contributed by atoms with Crippen LogP contribution in [0.5, 0.6) is 0 Å². The standard InChI is InChI=1S/C40H39F3N4O4/c1-2-51-39(50)36(24-28-25-44-35-10-6-5-8-33(28)35)46-37(48)23-26-19-21-47(22-20-26)31-17-15-30(16-18-31)45-38(49)34-9-4-3-7-32(34)27-11-13-29(14-12-27)40(41,42)43/h3-18,25-26,36,44H,2,19-24H2,1H3,(H,45,49)(H,46,48). The summed E-state index contributed by atoms with van der Waals surface area (Å²) in [5, 5.41) is 6.84. The second-order valence-electron chi connectivity index (χ2n) is 12.7. The van der Waals surface area contributed by atoms with Gasteiger partial charge in [-0.05, 0) is 90.9 Å². The highest BCUT2D eigenvalue weighted by molar-refractivity contribution is 6.08. The number of halogens is 3. The largest absolute Gasteiger partial charge is 0.464 e. The molecule has 264 valence electrons. The molecule has 0 saturated carbocycles. The lowest BCUT2D eigenvalue weighted by Crippen LogP contribution is -2.44. The number of benzene rings is 4. The molecule has 0 radical (unpaired) electrons. The number of hydrogen-bond acceptors (Lipinski definition) is 5. The van der Waals surface area contributed by atoms with E-state index in [4.69, 9.17) is 4.74 Å². The van der Waals surface area contributed by atoms with Gasteiger partial charge in [-0.2, -0.15) is 13.2 Å². The second-order valence-corrected chi connectivity index (χ2v) is 12.7. The summed E-state index contributed by atoms with van der Waals surface area (Å²) in [4.78, 5) is 44.6. The maximum absolute atomic E-state index is 13.3. The molecule has 1 atom stereocenters. The topological polar surface area (TPSA) is 104 Å². The van der Waals surface area contributed by atoms with E-state index in [1.165, 1.54) is 12.1 Å². The van der Waals surface area contributed by atoms with Crippen molar-refractivity contribution in [3.05, 3.63) is 120 Å². The quantitative estimate of drug-likeness (QED) is 0.122. The van der Waals surface area contributed by atoms with Crippen molar-refractivity contribution in [1.82, 2.24) is 10.3 Å². The van der Waals surface area contributed by atoms with Crippen LogP contribution >= 0.6 is 0 Å². The number of fused-ring (bicyclic) bond motifs is 1. The number of aromatic amines is 1. The third-order valence-electron chi connectivity index (χ3n) is 9.28. The molecule has 1 aliphatic rings. The van der Waals surface area contributed by atoms with Crippen LogP contribution in [-0.2, 0) is 26.9 Å². The van der Waals surface area contributed by atoms with Crippen LogP contribution in [-0.4, -0.2) is 48.5 Å². The van der Waals surface area contributed by atoms with Gasteiger partial charge in [0.25, 0.3) is 5.91 Å². The number of nitrogens with zero attached hydrogens (tertiary/aromatic N) is 1. The van der Waals surface area contributed by atoms with E-state index in [9.17, 15) is 27.6 Å². The first-order valence-electron chi connectivity index (χ1n) is 17.0. The van der Waals surface area contributed by atoms with E-state index in [1.54, 1.807) is 31.2 Å². The van der Waals surface area contributed by atoms with Crippen LogP contribution in [0.1, 0.15) is 47.7 Å². The molecule has 1 aromatic heterocycles. The summed E-state index contributed by atoms with van der Waals surface area (Å²) in [6.07, 6.45) is -0.320. The molecular formula is C40H39F3N4O4. The van der Waals surface area contributed by atoms with Crippen LogP contribution in [0.2, 0.25) is 0 Å². The molecule has 5 aromatic rings. The molecule has 51 heavy (non-hydrogen) atoms. The molecule has 8 nitrogen and oxygen atoms in total. The lowest BCUT2D eigenvalue weighted by molar-refractivity contribution is -0.147. The Bertz CT molecular complexity index is 1980. The molecule has 0 aliphatic carbocycles. The summed E-state index contributed by atoms with van der Waals surface area (Å²) in [5.74, 6) is -0.829. The third kappa shape index (κ3) is 8.60. The number of aromatic nitrogens is 1. The zero-order chi connectivity index (χ0) is 36.0. The van der Waals surface area contributed by atoms with Gasteiger partial charge in [0.1, 0.15) is 6.04 Å². The summed E-state index contributed by atoms with van der Waals surface area (Å²) in [6, 6.07) is 26.1. The zero-order valence-corrected chi connectivity index (χ0v) is 28.1. The number of ether oxygens (including phenoxy) is 1. The molecule has 2 amide bonds. The van der Waals surface area contributed by atoms with Crippen molar-refractivity contribution >= 4 is 40.1 Å². The van der Waals surface area contributed by atoms with Gasteiger partial charge in [-0.3, -0.25) is 9.59 Å². The van der Waals surface area contributed by atoms with E-state index < -0.39 is 23.8 Å². The van der Waals surface area contributed by atoms with E-state index in [0.29, 0.717) is 35.2 Å². The van der Waals surface area contributed by atoms with Gasteiger partial charge >= 0.3 is 12.1 Å². The molecule has 0 bridgehead atoms. The van der Waals surface area contributed by atoms with Crippen molar-refractivity contribution in [1.29, 1.82) is 0 Å². The number of anilines is 2. The number of nitrogens with one attached hydrogen (secondary N) is 3. The van der Waals surface area contributed by atoms with E-state index in [2.05, 4.69) is 20.5 Å². The minimum absolute atomic E-state index is 0.167. The molecular weight excluding hydrogens is 657 g/mol. The number of H-pyrrole nitrogens is 1. The van der Waals surface area contributed by atoms with Crippen LogP contribution in [0.3, 0.4) is 0 Å². The van der Waals surface area contributed by atoms with E-state index in [1.807, 2.05) is 54.7 Å². The fourth-order valence-corrected chi connectivity index (χ4v) is 6.59. The number of alkyl halides is 3. The van der Waals surface area contributed by atoms with E-state index in [0.717, 1.165) is 60.2 Å². The number of piperidine rings is 1. The highest BCUT2D eigenvalue weighted by Crippen LogP contribution is 2.32. The predicted molar refractivity (Wildman–Crippen MR) is 191 cm³/mol. The van der Waals surface area contributed by atoms with Gasteiger partial charge in [-0.15, -0.1) is 0 Å². The Balaban J connectivity index is 1.01. The molecule has 6 rings (SSSR count). The number of amides is 2. The van der Waals surface area contributed by atoms with Crippen molar-refractivity contribution in [3.8, 4) is 11.1 Å². The molecule has 2 heterocycles. The zero-order valence-electron chi connectivity index (χ0n) is 28.1. The highest BCUT2D eigenvalue weighted by atomic mass is 19.4. The van der Waals surface area contributed by atoms with Gasteiger partial charge in [-0.1, -0.05) is 48.5 Å². The lowest BCUT2D eigenvalue weighted by Gasteiger charge is -2.33. The van der Waals surface area contributed by atoms with E-state index in [-0.39, 0.29) is 24.3 Å². The first kappa shape index (κ1) is 35.3. The van der Waals surface area contributed by atoms with Gasteiger partial charge in [-0.25, -0.2) is 4.79 Å². The number of rotatable bonds is 11. The molecule has 1 aliphatic heterocycles. The molecule has 1 unspecified atom stereocenters. The second kappa shape index (κ2) is 15.5. The summed E-state index contributed by atoms with van der Waals surface area (Å²) in [7, 11) is 0. The Kier molecular flexibility index (Phi) is 10.7. The Morgan fingerprint density at radius 2 is 1.59 bits per heavy atom. The Hall–Kier alpha value is -5.58. The minimum atomic E-state index is -4.44. The smallest absolute Gasteiger partial charge is 0.416 e. The number of carbonyl (C=O) groups excluding carboxylic acids is 3. The summed E-state index contributed by atoms with van der Waals surface area (Å²) < 4.78 is 44.4. The van der Waals surface area contributed by atoms with Gasteiger partial charge < -0.3 is 25.3 Å². The number of carbonyl (C=O) groups is 3. The fourth-order valence-electron chi connectivity index (χ4n) is 6.59. The van der Waals surface area contributed by atoms with Gasteiger partial charge in [0.15, 0.2) is 0 Å². The average Bonchev–Trinajstić information content (AvgIpc) is 3.54. The van der Waals surface area contributed by atoms with Gasteiger partial charge in [0.2, 0.25) is 5.91 Å².